The molecule has 2 bridgehead atoms. The van der Waals surface area contributed by atoms with Crippen molar-refractivity contribution in [1.82, 2.24) is 30.0 Å². The molecule has 0 unspecified atom stereocenters. The van der Waals surface area contributed by atoms with Crippen molar-refractivity contribution in [3.63, 3.8) is 0 Å². The quantitative estimate of drug-likeness (QED) is 0.540. The summed E-state index contributed by atoms with van der Waals surface area (Å²) in [7, 11) is 1.41. The third-order valence-corrected chi connectivity index (χ3v) is 8.06. The van der Waals surface area contributed by atoms with Gasteiger partial charge >= 0.3 is 5.69 Å². The zero-order valence-corrected chi connectivity index (χ0v) is 20.9. The molecule has 37 heavy (non-hydrogen) atoms. The molecule has 1 aromatic carbocycles. The Kier molecular flexibility index (Phi) is 5.34. The van der Waals surface area contributed by atoms with Crippen molar-refractivity contribution in [3.05, 3.63) is 46.9 Å². The molecule has 4 atom stereocenters. The van der Waals surface area contributed by atoms with Crippen molar-refractivity contribution in [2.45, 2.75) is 75.3 Å². The van der Waals surface area contributed by atoms with E-state index in [0.29, 0.717) is 23.6 Å². The molecule has 194 valence electrons. The predicted molar refractivity (Wildman–Crippen MR) is 133 cm³/mol. The fourth-order valence-corrected chi connectivity index (χ4v) is 6.00. The van der Waals surface area contributed by atoms with E-state index < -0.39 is 23.2 Å². The number of nitrogens with zero attached hydrogens (tertiary/aromatic N) is 6. The maximum absolute atomic E-state index is 15.8. The highest BCUT2D eigenvalue weighted by molar-refractivity contribution is 5.72. The molecule has 3 aromatic rings. The Balaban J connectivity index is 1.29. The number of hydrogen-bond donors (Lipinski definition) is 2. The van der Waals surface area contributed by atoms with Gasteiger partial charge in [-0.15, -0.1) is 10.2 Å². The van der Waals surface area contributed by atoms with Crippen LogP contribution in [0, 0.1) is 5.82 Å². The number of hydrogen-bond acceptors (Lipinski definition) is 8. The molecule has 3 fully saturated rings. The molecule has 0 radical (unpaired) electrons. The zero-order chi connectivity index (χ0) is 26.1. The van der Waals surface area contributed by atoms with Gasteiger partial charge < -0.3 is 15.3 Å². The summed E-state index contributed by atoms with van der Waals surface area (Å²) in [6.07, 6.45) is 5.82. The van der Waals surface area contributed by atoms with Gasteiger partial charge in [0, 0.05) is 41.5 Å². The van der Waals surface area contributed by atoms with Gasteiger partial charge in [0.05, 0.1) is 12.2 Å². The average molecular weight is 510 g/mol. The molecule has 2 aromatic heterocycles. The topological polar surface area (TPSA) is 109 Å². The lowest BCUT2D eigenvalue weighted by molar-refractivity contribution is 0.0828. The van der Waals surface area contributed by atoms with E-state index in [4.69, 9.17) is 0 Å². The second-order valence-electron chi connectivity index (χ2n) is 11.1. The van der Waals surface area contributed by atoms with Gasteiger partial charge in [-0.05, 0) is 58.1 Å². The van der Waals surface area contributed by atoms with E-state index in [-0.39, 0.29) is 34.6 Å². The summed E-state index contributed by atoms with van der Waals surface area (Å²) < 4.78 is 31.2. The minimum absolute atomic E-state index is 0.118. The van der Waals surface area contributed by atoms with Crippen LogP contribution in [0.15, 0.2) is 35.4 Å². The summed E-state index contributed by atoms with van der Waals surface area (Å²) in [5.74, 6) is -0.475. The number of fused-ring (bicyclic) bond motifs is 2. The van der Waals surface area contributed by atoms with Crippen molar-refractivity contribution in [3.8, 4) is 28.3 Å². The normalized spacial score (nSPS) is 28.9. The Bertz CT molecular complexity index is 1430. The number of nitrogens with one attached hydrogen (secondary N) is 1. The average Bonchev–Trinajstić information content (AvgIpc) is 3.65. The molecule has 1 saturated carbocycles. The van der Waals surface area contributed by atoms with Crippen molar-refractivity contribution in [2.75, 3.05) is 4.90 Å². The number of halogens is 2. The molecule has 9 nitrogen and oxygen atoms in total. The van der Waals surface area contributed by atoms with Crippen LogP contribution in [0.5, 0.6) is 5.75 Å². The van der Waals surface area contributed by atoms with Gasteiger partial charge in [0.1, 0.15) is 23.3 Å². The summed E-state index contributed by atoms with van der Waals surface area (Å²) in [5, 5.41) is 22.8. The standard InChI is InChI=1S/C26H29F2N7O2/c1-25-8-9-26(2,33-25)22(28)19(11-25)35(15-5-6-15)23-29-12-18(31-32-23)16-7-4-14(10-20(16)36)21-17(27)13-34(3)24(37)30-21/h4,7,10,12-13,15,19,22,33,36H,5-6,8-9,11H2,1-3H3/t19-,22-,25-,26+/m1/s1. The van der Waals surface area contributed by atoms with E-state index in [9.17, 15) is 14.3 Å². The number of phenols is 1. The molecule has 2 aliphatic heterocycles. The van der Waals surface area contributed by atoms with E-state index in [1.165, 1.54) is 19.3 Å². The predicted octanol–water partition coefficient (Wildman–Crippen LogP) is 3.12. The molecular weight excluding hydrogens is 480 g/mol. The lowest BCUT2D eigenvalue weighted by Gasteiger charge is -2.48. The first-order valence-corrected chi connectivity index (χ1v) is 12.6. The van der Waals surface area contributed by atoms with Crippen LogP contribution in [0.3, 0.4) is 0 Å². The van der Waals surface area contributed by atoms with Gasteiger partial charge in [0.25, 0.3) is 0 Å². The van der Waals surface area contributed by atoms with Crippen molar-refractivity contribution < 1.29 is 13.9 Å². The Morgan fingerprint density at radius 3 is 2.68 bits per heavy atom. The van der Waals surface area contributed by atoms with Crippen molar-refractivity contribution >= 4 is 5.95 Å². The Labute approximate surface area is 212 Å². The summed E-state index contributed by atoms with van der Waals surface area (Å²) in [4.78, 5) is 22.2. The maximum atomic E-state index is 15.8. The summed E-state index contributed by atoms with van der Waals surface area (Å²) >= 11 is 0. The van der Waals surface area contributed by atoms with Gasteiger partial charge in [0.2, 0.25) is 5.95 Å². The lowest BCUT2D eigenvalue weighted by atomic mass is 9.82. The highest BCUT2D eigenvalue weighted by Crippen LogP contribution is 2.47. The number of rotatable bonds is 5. The molecule has 0 amide bonds. The van der Waals surface area contributed by atoms with Crippen LogP contribution >= 0.6 is 0 Å². The molecule has 0 spiro atoms. The molecule has 2 N–H and O–H groups in total. The summed E-state index contributed by atoms with van der Waals surface area (Å²) in [6, 6.07) is 4.27. The van der Waals surface area contributed by atoms with Gasteiger partial charge in [-0.2, -0.15) is 4.98 Å². The Morgan fingerprint density at radius 2 is 2.00 bits per heavy atom. The number of alkyl halides is 1. The fourth-order valence-electron chi connectivity index (χ4n) is 6.00. The van der Waals surface area contributed by atoms with E-state index >= 15 is 4.39 Å². The number of piperidine rings is 1. The molecular formula is C26H29F2N7O2. The number of aromatic hydroxyl groups is 1. The second-order valence-corrected chi connectivity index (χ2v) is 11.1. The largest absolute Gasteiger partial charge is 0.507 e. The van der Waals surface area contributed by atoms with E-state index in [2.05, 4.69) is 32.4 Å². The maximum Gasteiger partial charge on any atom is 0.348 e. The van der Waals surface area contributed by atoms with Crippen LogP contribution < -0.4 is 15.9 Å². The highest BCUT2D eigenvalue weighted by atomic mass is 19.1. The number of phenolic OH excluding ortho intramolecular Hbond substituents is 1. The Morgan fingerprint density at radius 1 is 1.22 bits per heavy atom. The SMILES string of the molecule is Cn1cc(F)c(-c2ccc(-c3cnc(N(C4CC4)[C@@H]4C[C@@]5(C)CC[C@](C)(N5)[C@@H]4F)nn3)c(O)c2)nc1=O. The number of anilines is 1. The van der Waals surface area contributed by atoms with Gasteiger partial charge in [-0.3, -0.25) is 4.57 Å². The lowest BCUT2D eigenvalue weighted by Crippen LogP contribution is -2.66. The molecule has 1 aliphatic carbocycles. The first-order chi connectivity index (χ1) is 17.6. The smallest absolute Gasteiger partial charge is 0.348 e. The van der Waals surface area contributed by atoms with E-state index in [0.717, 1.165) is 36.4 Å². The van der Waals surface area contributed by atoms with Crippen LogP contribution in [0.1, 0.15) is 46.0 Å². The number of benzene rings is 1. The van der Waals surface area contributed by atoms with Crippen LogP contribution in [0.2, 0.25) is 0 Å². The van der Waals surface area contributed by atoms with E-state index in [1.807, 2.05) is 11.8 Å². The summed E-state index contributed by atoms with van der Waals surface area (Å²) in [5.41, 5.74) is -0.515. The van der Waals surface area contributed by atoms with Crippen LogP contribution in [-0.2, 0) is 7.05 Å². The highest BCUT2D eigenvalue weighted by Gasteiger charge is 2.58. The van der Waals surface area contributed by atoms with Crippen molar-refractivity contribution in [1.29, 1.82) is 0 Å². The van der Waals surface area contributed by atoms with Crippen LogP contribution in [0.4, 0.5) is 14.7 Å². The number of aryl methyl sites for hydroxylation is 1. The first kappa shape index (κ1) is 23.9. The number of aromatic nitrogens is 5. The molecule has 3 aliphatic rings. The van der Waals surface area contributed by atoms with Gasteiger partial charge in [-0.25, -0.2) is 18.6 Å². The first-order valence-electron chi connectivity index (χ1n) is 12.6. The monoisotopic (exact) mass is 509 g/mol. The van der Waals surface area contributed by atoms with Crippen LogP contribution in [-0.4, -0.2) is 59.2 Å². The molecule has 11 heteroatoms. The van der Waals surface area contributed by atoms with E-state index in [1.54, 1.807) is 12.1 Å². The van der Waals surface area contributed by atoms with Crippen molar-refractivity contribution in [2.24, 2.45) is 7.05 Å². The third-order valence-electron chi connectivity index (χ3n) is 8.06. The van der Waals surface area contributed by atoms with Gasteiger partial charge in [-0.1, -0.05) is 6.07 Å². The second kappa shape index (κ2) is 8.27. The minimum Gasteiger partial charge on any atom is -0.507 e. The fraction of sp³-hybridized carbons (Fsp3) is 0.500. The Hall–Kier alpha value is -3.47. The zero-order valence-electron chi connectivity index (χ0n) is 20.9. The molecule has 6 rings (SSSR count). The molecule has 4 heterocycles. The minimum atomic E-state index is -1.06. The third kappa shape index (κ3) is 4.05. The van der Waals surface area contributed by atoms with Gasteiger partial charge in [0.15, 0.2) is 5.82 Å². The summed E-state index contributed by atoms with van der Waals surface area (Å²) in [6.45, 7) is 4.12. The van der Waals surface area contributed by atoms with Crippen LogP contribution in [0.25, 0.3) is 22.5 Å². The molecule has 2 saturated heterocycles.